The highest BCUT2D eigenvalue weighted by atomic mass is 16.5. The largest absolute Gasteiger partial charge is 0.493 e. The number of oxime groups is 1. The molecule has 1 aliphatic heterocycles. The van der Waals surface area contributed by atoms with Gasteiger partial charge in [0.25, 0.3) is 5.91 Å². The van der Waals surface area contributed by atoms with Crippen molar-refractivity contribution in [3.63, 3.8) is 0 Å². The Kier molecular flexibility index (Phi) is 3.45. The van der Waals surface area contributed by atoms with Crippen molar-refractivity contribution in [2.75, 3.05) is 6.61 Å². The number of nitrogens with one attached hydrogen (secondary N) is 1. The third kappa shape index (κ3) is 2.41. The molecule has 1 saturated carbocycles. The number of nitrogens with zero attached hydrogens (tertiary/aromatic N) is 1. The molecule has 0 saturated heterocycles. The summed E-state index contributed by atoms with van der Waals surface area (Å²) in [4.78, 5) is 12.5. The number of amides is 1. The number of carbonyl (C=O) groups excluding carboxylic acids is 1. The summed E-state index contributed by atoms with van der Waals surface area (Å²) in [5, 5.41) is 15.0. The molecule has 112 valence electrons. The lowest BCUT2D eigenvalue weighted by Crippen LogP contribution is -2.55. The van der Waals surface area contributed by atoms with Crippen molar-refractivity contribution in [2.24, 2.45) is 10.9 Å². The van der Waals surface area contributed by atoms with Gasteiger partial charge >= 0.3 is 0 Å². The Bertz CT molecular complexity index is 592. The van der Waals surface area contributed by atoms with Crippen LogP contribution in [0.2, 0.25) is 0 Å². The SMILES string of the molecule is NC(=NO)C1(NC(=O)c2ccc3c(c2)CCO3)CCCC1. The number of carbonyl (C=O) groups is 1. The van der Waals surface area contributed by atoms with Crippen molar-refractivity contribution in [1.82, 2.24) is 5.32 Å². The minimum Gasteiger partial charge on any atom is -0.493 e. The highest BCUT2D eigenvalue weighted by molar-refractivity contribution is 6.00. The number of fused-ring (bicyclic) bond motifs is 1. The number of amidine groups is 1. The van der Waals surface area contributed by atoms with Gasteiger partial charge in [-0.25, -0.2) is 0 Å². The molecule has 1 amide bonds. The smallest absolute Gasteiger partial charge is 0.252 e. The zero-order valence-corrected chi connectivity index (χ0v) is 11.8. The van der Waals surface area contributed by atoms with Crippen LogP contribution in [0.25, 0.3) is 0 Å². The van der Waals surface area contributed by atoms with E-state index in [0.717, 1.165) is 30.6 Å². The van der Waals surface area contributed by atoms with Gasteiger partial charge in [0.15, 0.2) is 5.84 Å². The second-order valence-corrected chi connectivity index (χ2v) is 5.65. The maximum absolute atomic E-state index is 12.5. The molecule has 1 aliphatic carbocycles. The van der Waals surface area contributed by atoms with Crippen molar-refractivity contribution in [3.8, 4) is 5.75 Å². The molecule has 6 heteroatoms. The van der Waals surface area contributed by atoms with Crippen LogP contribution < -0.4 is 15.8 Å². The fraction of sp³-hybridized carbons (Fsp3) is 0.467. The first-order valence-corrected chi connectivity index (χ1v) is 7.21. The quantitative estimate of drug-likeness (QED) is 0.339. The molecule has 21 heavy (non-hydrogen) atoms. The summed E-state index contributed by atoms with van der Waals surface area (Å²) in [6, 6.07) is 5.42. The summed E-state index contributed by atoms with van der Waals surface area (Å²) in [7, 11) is 0. The molecule has 2 aliphatic rings. The predicted molar refractivity (Wildman–Crippen MR) is 77.7 cm³/mol. The number of hydrogen-bond acceptors (Lipinski definition) is 4. The van der Waals surface area contributed by atoms with Gasteiger partial charge in [0.2, 0.25) is 0 Å². The van der Waals surface area contributed by atoms with Crippen molar-refractivity contribution >= 4 is 11.7 Å². The van der Waals surface area contributed by atoms with Crippen molar-refractivity contribution in [2.45, 2.75) is 37.6 Å². The Morgan fingerprint density at radius 3 is 2.86 bits per heavy atom. The number of benzene rings is 1. The highest BCUT2D eigenvalue weighted by Gasteiger charge is 2.40. The fourth-order valence-electron chi connectivity index (χ4n) is 3.14. The van der Waals surface area contributed by atoms with E-state index in [1.54, 1.807) is 6.07 Å². The molecule has 4 N–H and O–H groups in total. The van der Waals surface area contributed by atoms with E-state index in [9.17, 15) is 4.79 Å². The molecule has 1 aromatic rings. The van der Waals surface area contributed by atoms with Crippen LogP contribution in [0.4, 0.5) is 0 Å². The average molecular weight is 289 g/mol. The van der Waals surface area contributed by atoms with E-state index in [0.29, 0.717) is 25.0 Å². The molecule has 1 heterocycles. The normalized spacial score (nSPS) is 19.9. The zero-order valence-electron chi connectivity index (χ0n) is 11.8. The van der Waals surface area contributed by atoms with Gasteiger partial charge in [-0.2, -0.15) is 0 Å². The Morgan fingerprint density at radius 2 is 2.14 bits per heavy atom. The maximum Gasteiger partial charge on any atom is 0.252 e. The third-order valence-electron chi connectivity index (χ3n) is 4.36. The van der Waals surface area contributed by atoms with E-state index >= 15 is 0 Å². The van der Waals surface area contributed by atoms with E-state index < -0.39 is 5.54 Å². The lowest BCUT2D eigenvalue weighted by atomic mass is 9.95. The van der Waals surface area contributed by atoms with Crippen molar-refractivity contribution in [1.29, 1.82) is 0 Å². The van der Waals surface area contributed by atoms with E-state index in [2.05, 4.69) is 10.5 Å². The molecular formula is C15H19N3O3. The first kappa shape index (κ1) is 13.7. The molecular weight excluding hydrogens is 270 g/mol. The van der Waals surface area contributed by atoms with Gasteiger partial charge < -0.3 is 21.0 Å². The van der Waals surface area contributed by atoms with Gasteiger partial charge in [-0.15, -0.1) is 0 Å². The summed E-state index contributed by atoms with van der Waals surface area (Å²) in [5.41, 5.74) is 6.70. The summed E-state index contributed by atoms with van der Waals surface area (Å²) in [6.07, 6.45) is 4.12. The van der Waals surface area contributed by atoms with E-state index in [4.69, 9.17) is 15.7 Å². The van der Waals surface area contributed by atoms with E-state index in [1.807, 2.05) is 12.1 Å². The monoisotopic (exact) mass is 289 g/mol. The lowest BCUT2D eigenvalue weighted by Gasteiger charge is -2.28. The first-order valence-electron chi connectivity index (χ1n) is 7.21. The Hall–Kier alpha value is -2.24. The highest BCUT2D eigenvalue weighted by Crippen LogP contribution is 2.31. The minimum atomic E-state index is -0.721. The zero-order chi connectivity index (χ0) is 14.9. The summed E-state index contributed by atoms with van der Waals surface area (Å²) in [6.45, 7) is 0.661. The molecule has 3 rings (SSSR count). The predicted octanol–water partition coefficient (Wildman–Crippen LogP) is 1.41. The molecule has 0 aromatic heterocycles. The minimum absolute atomic E-state index is 0.0813. The number of rotatable bonds is 3. The van der Waals surface area contributed by atoms with Gasteiger partial charge in [0.1, 0.15) is 11.3 Å². The molecule has 0 atom stereocenters. The average Bonchev–Trinajstić information content (AvgIpc) is 3.14. The molecule has 0 spiro atoms. The van der Waals surface area contributed by atoms with Crippen LogP contribution in [0, 0.1) is 0 Å². The standard InChI is InChI=1S/C15H19N3O3/c16-14(18-20)15(6-1-2-7-15)17-13(19)11-3-4-12-10(9-11)5-8-21-12/h3-4,9,20H,1-2,5-8H2,(H2,16,18)(H,17,19). The Balaban J connectivity index is 1.82. The molecule has 0 bridgehead atoms. The summed E-state index contributed by atoms with van der Waals surface area (Å²) >= 11 is 0. The van der Waals surface area contributed by atoms with Gasteiger partial charge in [-0.05, 0) is 36.6 Å². The maximum atomic E-state index is 12.5. The molecule has 1 fully saturated rings. The van der Waals surface area contributed by atoms with E-state index in [-0.39, 0.29) is 11.7 Å². The van der Waals surface area contributed by atoms with Gasteiger partial charge in [0, 0.05) is 12.0 Å². The summed E-state index contributed by atoms with van der Waals surface area (Å²) < 4.78 is 5.44. The number of ether oxygens (including phenoxy) is 1. The van der Waals surface area contributed by atoms with Gasteiger partial charge in [-0.3, -0.25) is 4.79 Å². The van der Waals surface area contributed by atoms with Crippen LogP contribution in [-0.4, -0.2) is 29.1 Å². The van der Waals surface area contributed by atoms with Gasteiger partial charge in [0.05, 0.1) is 6.61 Å². The Labute approximate surface area is 123 Å². The van der Waals surface area contributed by atoms with Gasteiger partial charge in [-0.1, -0.05) is 18.0 Å². The van der Waals surface area contributed by atoms with Crippen LogP contribution in [-0.2, 0) is 6.42 Å². The third-order valence-corrected chi connectivity index (χ3v) is 4.36. The van der Waals surface area contributed by atoms with Crippen LogP contribution >= 0.6 is 0 Å². The molecule has 6 nitrogen and oxygen atoms in total. The molecule has 0 unspecified atom stereocenters. The fourth-order valence-corrected chi connectivity index (χ4v) is 3.14. The Morgan fingerprint density at radius 1 is 1.38 bits per heavy atom. The van der Waals surface area contributed by atoms with Crippen LogP contribution in [0.3, 0.4) is 0 Å². The van der Waals surface area contributed by atoms with Crippen LogP contribution in [0.1, 0.15) is 41.6 Å². The van der Waals surface area contributed by atoms with Crippen LogP contribution in [0.15, 0.2) is 23.4 Å². The number of nitrogens with two attached hydrogens (primary N) is 1. The van der Waals surface area contributed by atoms with Crippen LogP contribution in [0.5, 0.6) is 5.75 Å². The van der Waals surface area contributed by atoms with Crippen molar-refractivity contribution < 1.29 is 14.7 Å². The summed E-state index contributed by atoms with van der Waals surface area (Å²) in [5.74, 6) is 0.731. The second-order valence-electron chi connectivity index (χ2n) is 5.65. The lowest BCUT2D eigenvalue weighted by molar-refractivity contribution is 0.0922. The molecule has 0 radical (unpaired) electrons. The second kappa shape index (κ2) is 5.27. The topological polar surface area (TPSA) is 96.9 Å². The van der Waals surface area contributed by atoms with E-state index in [1.165, 1.54) is 0 Å². The number of hydrogen-bond donors (Lipinski definition) is 3. The van der Waals surface area contributed by atoms with Crippen molar-refractivity contribution in [3.05, 3.63) is 29.3 Å². The molecule has 1 aromatic carbocycles. The first-order chi connectivity index (χ1) is 10.1.